The van der Waals surface area contributed by atoms with Gasteiger partial charge in [0.2, 0.25) is 0 Å². The van der Waals surface area contributed by atoms with Gasteiger partial charge in [0.05, 0.1) is 6.10 Å². The number of aryl methyl sites for hydroxylation is 1. The fourth-order valence-electron chi connectivity index (χ4n) is 1.35. The van der Waals surface area contributed by atoms with E-state index in [-0.39, 0.29) is 12.5 Å². The third-order valence-corrected chi connectivity index (χ3v) is 2.88. The van der Waals surface area contributed by atoms with Crippen LogP contribution in [0.15, 0.2) is 22.7 Å². The lowest BCUT2D eigenvalue weighted by molar-refractivity contribution is 0.0937. The monoisotopic (exact) mass is 300 g/mol. The number of hydrogen-bond donors (Lipinski definition) is 3. The average Bonchev–Trinajstić information content (AvgIpc) is 2.23. The van der Waals surface area contributed by atoms with E-state index in [9.17, 15) is 9.90 Å². The molecule has 0 aliphatic heterocycles. The molecule has 1 aromatic carbocycles. The molecule has 0 aromatic heterocycles. The Hall–Kier alpha value is -0.910. The quantitative estimate of drug-likeness (QED) is 0.782. The molecule has 4 nitrogen and oxygen atoms in total. The molecular formula is C12H17BrN2O2. The zero-order chi connectivity index (χ0) is 13.0. The molecule has 0 spiro atoms. The Balaban J connectivity index is 2.64. The standard InChI is InChI=1S/C12H17BrN2O2/c1-7-3-9(5-10(13)4-7)12(17)15-6-11(14)8(2)16/h3-5,8,11,16H,6,14H2,1-2H3,(H,15,17). The van der Waals surface area contributed by atoms with E-state index in [1.165, 1.54) is 0 Å². The highest BCUT2D eigenvalue weighted by Gasteiger charge is 2.12. The van der Waals surface area contributed by atoms with E-state index in [0.29, 0.717) is 5.56 Å². The predicted molar refractivity (Wildman–Crippen MR) is 70.9 cm³/mol. The zero-order valence-electron chi connectivity index (χ0n) is 9.90. The first-order valence-corrected chi connectivity index (χ1v) is 6.18. The van der Waals surface area contributed by atoms with Crippen LogP contribution in [0.5, 0.6) is 0 Å². The van der Waals surface area contributed by atoms with Crippen LogP contribution in [-0.4, -0.2) is 29.7 Å². The maximum atomic E-state index is 11.8. The third-order valence-electron chi connectivity index (χ3n) is 2.42. The number of aliphatic hydroxyl groups is 1. The maximum absolute atomic E-state index is 11.8. The first-order valence-electron chi connectivity index (χ1n) is 5.39. The van der Waals surface area contributed by atoms with Crippen molar-refractivity contribution < 1.29 is 9.90 Å². The van der Waals surface area contributed by atoms with Gasteiger partial charge in [-0.3, -0.25) is 4.79 Å². The topological polar surface area (TPSA) is 75.4 Å². The minimum Gasteiger partial charge on any atom is -0.392 e. The second-order valence-electron chi connectivity index (χ2n) is 4.13. The van der Waals surface area contributed by atoms with Gasteiger partial charge in [-0.15, -0.1) is 0 Å². The van der Waals surface area contributed by atoms with E-state index in [1.807, 2.05) is 13.0 Å². The fourth-order valence-corrected chi connectivity index (χ4v) is 1.96. The van der Waals surface area contributed by atoms with E-state index in [1.54, 1.807) is 19.1 Å². The summed E-state index contributed by atoms with van der Waals surface area (Å²) in [5.74, 6) is -0.189. The van der Waals surface area contributed by atoms with Gasteiger partial charge < -0.3 is 16.2 Å². The minimum absolute atomic E-state index is 0.189. The van der Waals surface area contributed by atoms with Gasteiger partial charge in [0.1, 0.15) is 0 Å². The summed E-state index contributed by atoms with van der Waals surface area (Å²) >= 11 is 3.34. The number of carbonyl (C=O) groups excluding carboxylic acids is 1. The van der Waals surface area contributed by atoms with Gasteiger partial charge in [-0.05, 0) is 37.6 Å². The Morgan fingerprint density at radius 3 is 2.71 bits per heavy atom. The van der Waals surface area contributed by atoms with Crippen molar-refractivity contribution in [3.63, 3.8) is 0 Å². The molecular weight excluding hydrogens is 284 g/mol. The van der Waals surface area contributed by atoms with E-state index in [4.69, 9.17) is 5.73 Å². The molecule has 17 heavy (non-hydrogen) atoms. The molecule has 0 aliphatic rings. The molecule has 1 rings (SSSR count). The molecule has 2 unspecified atom stereocenters. The zero-order valence-corrected chi connectivity index (χ0v) is 11.5. The highest BCUT2D eigenvalue weighted by atomic mass is 79.9. The Kier molecular flexibility index (Phi) is 5.11. The molecule has 0 saturated heterocycles. The van der Waals surface area contributed by atoms with Gasteiger partial charge >= 0.3 is 0 Å². The maximum Gasteiger partial charge on any atom is 0.251 e. The molecule has 5 heteroatoms. The fraction of sp³-hybridized carbons (Fsp3) is 0.417. The molecule has 1 aromatic rings. The lowest BCUT2D eigenvalue weighted by Crippen LogP contribution is -2.43. The van der Waals surface area contributed by atoms with E-state index >= 15 is 0 Å². The summed E-state index contributed by atoms with van der Waals surface area (Å²) in [5, 5.41) is 11.9. The van der Waals surface area contributed by atoms with Gasteiger partial charge in [-0.2, -0.15) is 0 Å². The Bertz CT molecular complexity index is 387. The van der Waals surface area contributed by atoms with E-state index in [2.05, 4.69) is 21.2 Å². The summed E-state index contributed by atoms with van der Waals surface area (Å²) in [7, 11) is 0. The molecule has 1 amide bonds. The predicted octanol–water partition coefficient (Wildman–Crippen LogP) is 1.20. The SMILES string of the molecule is Cc1cc(Br)cc(C(=O)NCC(N)C(C)O)c1. The van der Waals surface area contributed by atoms with Crippen LogP contribution in [0, 0.1) is 6.92 Å². The smallest absolute Gasteiger partial charge is 0.251 e. The highest BCUT2D eigenvalue weighted by molar-refractivity contribution is 9.10. The van der Waals surface area contributed by atoms with Gasteiger partial charge in [-0.25, -0.2) is 0 Å². The molecule has 0 fully saturated rings. The number of halogens is 1. The first kappa shape index (κ1) is 14.2. The number of rotatable bonds is 4. The molecule has 2 atom stereocenters. The molecule has 0 bridgehead atoms. The van der Waals surface area contributed by atoms with Crippen LogP contribution in [0.4, 0.5) is 0 Å². The van der Waals surface area contributed by atoms with Crippen molar-refractivity contribution in [2.24, 2.45) is 5.73 Å². The number of amides is 1. The Morgan fingerprint density at radius 1 is 1.53 bits per heavy atom. The number of nitrogens with two attached hydrogens (primary N) is 1. The van der Waals surface area contributed by atoms with Crippen LogP contribution in [0.1, 0.15) is 22.8 Å². The van der Waals surface area contributed by atoms with Crippen molar-refractivity contribution in [2.75, 3.05) is 6.54 Å². The van der Waals surface area contributed by atoms with Crippen LogP contribution in [-0.2, 0) is 0 Å². The van der Waals surface area contributed by atoms with Crippen LogP contribution in [0.2, 0.25) is 0 Å². The van der Waals surface area contributed by atoms with Crippen molar-refractivity contribution in [1.82, 2.24) is 5.32 Å². The average molecular weight is 301 g/mol. The number of benzene rings is 1. The highest BCUT2D eigenvalue weighted by Crippen LogP contribution is 2.15. The molecule has 0 saturated carbocycles. The normalized spacial score (nSPS) is 14.2. The summed E-state index contributed by atoms with van der Waals surface area (Å²) in [6, 6.07) is 5.02. The lowest BCUT2D eigenvalue weighted by Gasteiger charge is -2.15. The van der Waals surface area contributed by atoms with Crippen molar-refractivity contribution >= 4 is 21.8 Å². The Morgan fingerprint density at radius 2 is 2.18 bits per heavy atom. The van der Waals surface area contributed by atoms with Crippen LogP contribution in [0.25, 0.3) is 0 Å². The largest absolute Gasteiger partial charge is 0.392 e. The van der Waals surface area contributed by atoms with Crippen molar-refractivity contribution in [2.45, 2.75) is 26.0 Å². The van der Waals surface area contributed by atoms with Gasteiger partial charge in [0.15, 0.2) is 0 Å². The minimum atomic E-state index is -0.639. The summed E-state index contributed by atoms with van der Waals surface area (Å²) < 4.78 is 0.863. The first-order chi connectivity index (χ1) is 7.90. The molecule has 0 aliphatic carbocycles. The Labute approximate surface area is 109 Å². The van der Waals surface area contributed by atoms with Gasteiger partial charge in [0, 0.05) is 22.6 Å². The van der Waals surface area contributed by atoms with Crippen LogP contribution in [0.3, 0.4) is 0 Å². The third kappa shape index (κ3) is 4.46. The number of carbonyl (C=O) groups is 1. The summed E-state index contributed by atoms with van der Waals surface area (Å²) in [5.41, 5.74) is 7.21. The number of aliphatic hydroxyl groups excluding tert-OH is 1. The van der Waals surface area contributed by atoms with Gasteiger partial charge in [-0.1, -0.05) is 15.9 Å². The number of hydrogen-bond acceptors (Lipinski definition) is 3. The summed E-state index contributed by atoms with van der Waals surface area (Å²) in [6.45, 7) is 3.77. The molecule has 94 valence electrons. The lowest BCUT2D eigenvalue weighted by atomic mass is 10.1. The van der Waals surface area contributed by atoms with Crippen LogP contribution < -0.4 is 11.1 Å². The van der Waals surface area contributed by atoms with Crippen molar-refractivity contribution in [1.29, 1.82) is 0 Å². The molecule has 4 N–H and O–H groups in total. The summed E-state index contributed by atoms with van der Waals surface area (Å²) in [4.78, 5) is 11.8. The second kappa shape index (κ2) is 6.14. The summed E-state index contributed by atoms with van der Waals surface area (Å²) in [6.07, 6.45) is -0.639. The van der Waals surface area contributed by atoms with Crippen LogP contribution >= 0.6 is 15.9 Å². The van der Waals surface area contributed by atoms with Crippen molar-refractivity contribution in [3.05, 3.63) is 33.8 Å². The molecule has 0 heterocycles. The second-order valence-corrected chi connectivity index (χ2v) is 5.05. The van der Waals surface area contributed by atoms with E-state index in [0.717, 1.165) is 10.0 Å². The van der Waals surface area contributed by atoms with E-state index < -0.39 is 12.1 Å². The number of nitrogens with one attached hydrogen (secondary N) is 1. The molecule has 0 radical (unpaired) electrons. The van der Waals surface area contributed by atoms with Gasteiger partial charge in [0.25, 0.3) is 5.91 Å². The van der Waals surface area contributed by atoms with Crippen molar-refractivity contribution in [3.8, 4) is 0 Å².